The Bertz CT molecular complexity index is 590. The number of anilines is 1. The van der Waals surface area contributed by atoms with Gasteiger partial charge in [0.25, 0.3) is 5.56 Å². The van der Waals surface area contributed by atoms with Crippen LogP contribution in [0.1, 0.15) is 0 Å². The molecule has 0 saturated carbocycles. The Hall–Kier alpha value is -2.10. The molecule has 0 spiro atoms. The van der Waals surface area contributed by atoms with Gasteiger partial charge in [0.05, 0.1) is 0 Å². The van der Waals surface area contributed by atoms with Crippen molar-refractivity contribution < 1.29 is 4.39 Å². The predicted molar refractivity (Wildman–Crippen MR) is 61.5 cm³/mol. The van der Waals surface area contributed by atoms with Crippen molar-refractivity contribution in [3.05, 3.63) is 52.7 Å². The monoisotopic (exact) mass is 218 g/mol. The zero-order chi connectivity index (χ0) is 11.7. The van der Waals surface area contributed by atoms with Crippen molar-refractivity contribution in [3.63, 3.8) is 0 Å². The largest absolute Gasteiger partial charge is 0.398 e. The molecule has 0 radical (unpaired) electrons. The molecule has 82 valence electrons. The van der Waals surface area contributed by atoms with E-state index in [1.54, 1.807) is 19.3 Å². The Kier molecular flexibility index (Phi) is 2.48. The van der Waals surface area contributed by atoms with Crippen LogP contribution in [0.3, 0.4) is 0 Å². The number of benzene rings is 1. The molecule has 1 heterocycles. The van der Waals surface area contributed by atoms with Gasteiger partial charge in [0.2, 0.25) is 0 Å². The molecule has 4 heteroatoms. The lowest BCUT2D eigenvalue weighted by Crippen LogP contribution is -2.14. The number of halogens is 1. The first kappa shape index (κ1) is 10.4. The number of nitrogen functional groups attached to an aromatic ring is 1. The second-order valence-corrected chi connectivity index (χ2v) is 3.60. The Morgan fingerprint density at radius 3 is 2.69 bits per heavy atom. The van der Waals surface area contributed by atoms with Crippen LogP contribution in [-0.4, -0.2) is 4.57 Å². The molecular weight excluding hydrogens is 207 g/mol. The molecule has 16 heavy (non-hydrogen) atoms. The summed E-state index contributed by atoms with van der Waals surface area (Å²) < 4.78 is 14.5. The average molecular weight is 218 g/mol. The van der Waals surface area contributed by atoms with E-state index < -0.39 is 0 Å². The van der Waals surface area contributed by atoms with Crippen molar-refractivity contribution in [2.45, 2.75) is 0 Å². The molecule has 2 aromatic rings. The molecule has 0 aliphatic heterocycles. The summed E-state index contributed by atoms with van der Waals surface area (Å²) in [5.41, 5.74) is 7.20. The molecule has 2 rings (SSSR count). The van der Waals surface area contributed by atoms with Crippen molar-refractivity contribution >= 4 is 5.69 Å². The van der Waals surface area contributed by atoms with E-state index in [1.165, 1.54) is 28.8 Å². The molecule has 0 bridgehead atoms. The van der Waals surface area contributed by atoms with Gasteiger partial charge in [-0.2, -0.15) is 0 Å². The lowest BCUT2D eigenvalue weighted by atomic mass is 10.1. The molecule has 0 fully saturated rings. The number of hydrogen-bond donors (Lipinski definition) is 1. The number of rotatable bonds is 1. The minimum atomic E-state index is -0.370. The number of aryl methyl sites for hydroxylation is 1. The van der Waals surface area contributed by atoms with Crippen LogP contribution in [0.15, 0.2) is 41.3 Å². The number of hydrogen-bond acceptors (Lipinski definition) is 2. The van der Waals surface area contributed by atoms with E-state index in [-0.39, 0.29) is 11.4 Å². The normalized spacial score (nSPS) is 10.4. The molecule has 0 aliphatic carbocycles. The van der Waals surface area contributed by atoms with Gasteiger partial charge < -0.3 is 10.3 Å². The van der Waals surface area contributed by atoms with E-state index in [1.807, 2.05) is 0 Å². The highest BCUT2D eigenvalue weighted by Crippen LogP contribution is 2.25. The van der Waals surface area contributed by atoms with Crippen LogP contribution >= 0.6 is 0 Å². The van der Waals surface area contributed by atoms with Crippen LogP contribution in [0.4, 0.5) is 10.1 Å². The third kappa shape index (κ3) is 1.82. The second kappa shape index (κ2) is 3.81. The number of nitrogens with two attached hydrogens (primary N) is 1. The highest BCUT2D eigenvalue weighted by atomic mass is 19.1. The Balaban J connectivity index is 2.63. The van der Waals surface area contributed by atoms with E-state index in [4.69, 9.17) is 5.73 Å². The topological polar surface area (TPSA) is 48.0 Å². The van der Waals surface area contributed by atoms with Crippen molar-refractivity contribution in [1.29, 1.82) is 0 Å². The van der Waals surface area contributed by atoms with Gasteiger partial charge in [-0.15, -0.1) is 0 Å². The van der Waals surface area contributed by atoms with Crippen LogP contribution < -0.4 is 11.3 Å². The molecular formula is C12H11FN2O. The SMILES string of the molecule is Cn1ccc(-c2cc(F)ccc2N)cc1=O. The molecule has 0 amide bonds. The summed E-state index contributed by atoms with van der Waals surface area (Å²) in [4.78, 5) is 11.4. The molecule has 3 nitrogen and oxygen atoms in total. The van der Waals surface area contributed by atoms with Crippen LogP contribution in [-0.2, 0) is 7.05 Å². The summed E-state index contributed by atoms with van der Waals surface area (Å²) in [5.74, 6) is -0.370. The van der Waals surface area contributed by atoms with Crippen molar-refractivity contribution in [1.82, 2.24) is 4.57 Å². The summed E-state index contributed by atoms with van der Waals surface area (Å²) in [6, 6.07) is 7.27. The Morgan fingerprint density at radius 1 is 1.25 bits per heavy atom. The van der Waals surface area contributed by atoms with Gasteiger partial charge in [-0.05, 0) is 29.8 Å². The first-order valence-electron chi connectivity index (χ1n) is 4.80. The van der Waals surface area contributed by atoms with E-state index in [0.717, 1.165) is 0 Å². The standard InChI is InChI=1S/C12H11FN2O/c1-15-5-4-8(6-12(15)16)10-7-9(13)2-3-11(10)14/h2-7H,14H2,1H3. The van der Waals surface area contributed by atoms with Gasteiger partial charge in [-0.25, -0.2) is 4.39 Å². The predicted octanol–water partition coefficient (Wildman–Crippen LogP) is 1.77. The average Bonchev–Trinajstić information content (AvgIpc) is 2.26. The van der Waals surface area contributed by atoms with E-state index in [2.05, 4.69) is 0 Å². The summed E-state index contributed by atoms with van der Waals surface area (Å²) in [6.07, 6.45) is 1.63. The fraction of sp³-hybridized carbons (Fsp3) is 0.0833. The molecule has 0 unspecified atom stereocenters. The van der Waals surface area contributed by atoms with Crippen molar-refractivity contribution in [2.75, 3.05) is 5.73 Å². The highest BCUT2D eigenvalue weighted by molar-refractivity contribution is 5.75. The minimum absolute atomic E-state index is 0.152. The minimum Gasteiger partial charge on any atom is -0.398 e. The van der Waals surface area contributed by atoms with E-state index >= 15 is 0 Å². The van der Waals surface area contributed by atoms with E-state index in [0.29, 0.717) is 16.8 Å². The zero-order valence-electron chi connectivity index (χ0n) is 8.77. The number of nitrogens with zero attached hydrogens (tertiary/aromatic N) is 1. The van der Waals surface area contributed by atoms with Gasteiger partial charge in [0.15, 0.2) is 0 Å². The van der Waals surface area contributed by atoms with Gasteiger partial charge in [0, 0.05) is 30.6 Å². The molecule has 1 aromatic heterocycles. The molecule has 0 aliphatic rings. The maximum atomic E-state index is 13.1. The summed E-state index contributed by atoms with van der Waals surface area (Å²) in [7, 11) is 1.65. The lowest BCUT2D eigenvalue weighted by Gasteiger charge is -2.06. The van der Waals surface area contributed by atoms with Gasteiger partial charge in [0.1, 0.15) is 5.82 Å². The number of aromatic nitrogens is 1. The Labute approximate surface area is 92.0 Å². The molecule has 0 saturated heterocycles. The summed E-state index contributed by atoms with van der Waals surface area (Å²) >= 11 is 0. The molecule has 0 atom stereocenters. The summed E-state index contributed by atoms with van der Waals surface area (Å²) in [6.45, 7) is 0. The smallest absolute Gasteiger partial charge is 0.250 e. The van der Waals surface area contributed by atoms with Gasteiger partial charge >= 0.3 is 0 Å². The highest BCUT2D eigenvalue weighted by Gasteiger charge is 2.05. The van der Waals surface area contributed by atoms with Crippen LogP contribution in [0.5, 0.6) is 0 Å². The van der Waals surface area contributed by atoms with Crippen LogP contribution in [0.25, 0.3) is 11.1 Å². The third-order valence-corrected chi connectivity index (χ3v) is 2.43. The number of pyridine rings is 1. The molecule has 1 aromatic carbocycles. The zero-order valence-corrected chi connectivity index (χ0v) is 8.77. The van der Waals surface area contributed by atoms with Gasteiger partial charge in [-0.3, -0.25) is 4.79 Å². The first-order chi connectivity index (χ1) is 7.58. The maximum absolute atomic E-state index is 13.1. The first-order valence-corrected chi connectivity index (χ1v) is 4.80. The summed E-state index contributed by atoms with van der Waals surface area (Å²) in [5, 5.41) is 0. The fourth-order valence-corrected chi connectivity index (χ4v) is 1.49. The van der Waals surface area contributed by atoms with Crippen LogP contribution in [0.2, 0.25) is 0 Å². The fourth-order valence-electron chi connectivity index (χ4n) is 1.49. The maximum Gasteiger partial charge on any atom is 0.250 e. The lowest BCUT2D eigenvalue weighted by molar-refractivity contribution is 0.628. The van der Waals surface area contributed by atoms with Crippen molar-refractivity contribution in [2.24, 2.45) is 7.05 Å². The molecule has 2 N–H and O–H groups in total. The quantitative estimate of drug-likeness (QED) is 0.741. The van der Waals surface area contributed by atoms with Gasteiger partial charge in [-0.1, -0.05) is 0 Å². The Morgan fingerprint density at radius 2 is 2.00 bits per heavy atom. The second-order valence-electron chi connectivity index (χ2n) is 3.60. The van der Waals surface area contributed by atoms with Crippen molar-refractivity contribution in [3.8, 4) is 11.1 Å². The third-order valence-electron chi connectivity index (χ3n) is 2.43. The van der Waals surface area contributed by atoms with E-state index in [9.17, 15) is 9.18 Å². The van der Waals surface area contributed by atoms with Crippen LogP contribution in [0, 0.1) is 5.82 Å².